The van der Waals surface area contributed by atoms with E-state index in [4.69, 9.17) is 33.1 Å². The Morgan fingerprint density at radius 3 is 2.31 bits per heavy atom. The van der Waals surface area contributed by atoms with Gasteiger partial charge in [-0.3, -0.25) is 4.79 Å². The highest BCUT2D eigenvalue weighted by Crippen LogP contribution is 2.36. The lowest BCUT2D eigenvalue weighted by atomic mass is 9.86. The van der Waals surface area contributed by atoms with Gasteiger partial charge < -0.3 is 15.3 Å². The van der Waals surface area contributed by atoms with Gasteiger partial charge in [0.15, 0.2) is 0 Å². The van der Waals surface area contributed by atoms with E-state index in [1.165, 1.54) is 12.1 Å². The number of hydrogen-bond donors (Lipinski definition) is 2. The van der Waals surface area contributed by atoms with E-state index in [0.717, 1.165) is 36.0 Å². The van der Waals surface area contributed by atoms with Crippen LogP contribution in [0, 0.1) is 24.5 Å². The number of aryl methyl sites for hydroxylation is 1. The molecule has 2 aliphatic heterocycles. The quantitative estimate of drug-likeness (QED) is 0.339. The summed E-state index contributed by atoms with van der Waals surface area (Å²) in [6.45, 7) is 4.13. The van der Waals surface area contributed by atoms with Crippen LogP contribution in [0.1, 0.15) is 41.6 Å². The Hall–Kier alpha value is -3.22. The fourth-order valence-electron chi connectivity index (χ4n) is 5.35. The summed E-state index contributed by atoms with van der Waals surface area (Å²) in [4.78, 5) is 24.2. The number of rotatable bonds is 4. The molecule has 226 valence electrons. The number of nitrogens with zero attached hydrogens (tertiary/aromatic N) is 3. The number of carboxylic acid groups (broad SMARTS) is 1. The second kappa shape index (κ2) is 13.0. The Morgan fingerprint density at radius 1 is 1.02 bits per heavy atom. The number of piperidine rings is 1. The summed E-state index contributed by atoms with van der Waals surface area (Å²) >= 11 is 12.7. The molecule has 7 nitrogen and oxygen atoms in total. The molecule has 5 rings (SSSR count). The molecule has 3 heterocycles. The Bertz CT molecular complexity index is 1460. The van der Waals surface area contributed by atoms with E-state index >= 15 is 0 Å². The van der Waals surface area contributed by atoms with Crippen molar-refractivity contribution in [1.82, 2.24) is 20.0 Å². The highest BCUT2D eigenvalue weighted by molar-refractivity contribution is 6.34. The third kappa shape index (κ3) is 7.22. The van der Waals surface area contributed by atoms with Crippen LogP contribution < -0.4 is 5.32 Å². The van der Waals surface area contributed by atoms with Crippen LogP contribution in [0.4, 0.5) is 22.0 Å². The first-order chi connectivity index (χ1) is 19.8. The summed E-state index contributed by atoms with van der Waals surface area (Å²) in [6.07, 6.45) is -3.52. The first kappa shape index (κ1) is 31.7. The van der Waals surface area contributed by atoms with Gasteiger partial charge in [0.1, 0.15) is 11.6 Å². The third-order valence-electron chi connectivity index (χ3n) is 7.36. The lowest BCUT2D eigenvalue weighted by molar-refractivity contribution is -0.192. The van der Waals surface area contributed by atoms with Crippen LogP contribution in [0.25, 0.3) is 5.69 Å². The zero-order chi connectivity index (χ0) is 30.8. The molecule has 42 heavy (non-hydrogen) atoms. The van der Waals surface area contributed by atoms with Crippen LogP contribution in [0.5, 0.6) is 0 Å². The monoisotopic (exact) mass is 632 g/mol. The summed E-state index contributed by atoms with van der Waals surface area (Å²) in [5, 5.41) is 16.1. The number of carbonyl (C=O) groups is 2. The standard InChI is InChI=1S/C26H26Cl2F2N4O.C2HF3O2/c1-15-10-24(34(32-15)25-11-17(27)2-5-22(25)28)16-6-8-33(9-7-16)26(35)21-14-31-13-20(21)19-4-3-18(29)12-23(19)30;3-2(4,5)1(6)7/h2-5,10-12,16,20-21,31H,6-9,13-14H2,1H3;(H,6,7)/t20-,21+;/m0./s1. The molecule has 0 bridgehead atoms. The van der Waals surface area contributed by atoms with Crippen molar-refractivity contribution in [3.63, 3.8) is 0 Å². The molecule has 2 atom stereocenters. The number of benzene rings is 2. The van der Waals surface area contributed by atoms with Crippen molar-refractivity contribution in [2.75, 3.05) is 26.2 Å². The van der Waals surface area contributed by atoms with Crippen molar-refractivity contribution in [2.45, 2.75) is 37.8 Å². The van der Waals surface area contributed by atoms with Gasteiger partial charge in [0.25, 0.3) is 0 Å². The zero-order valence-electron chi connectivity index (χ0n) is 22.3. The smallest absolute Gasteiger partial charge is 0.475 e. The Kier molecular flexibility index (Phi) is 9.79. The SMILES string of the molecule is Cc1cc(C2CCN(C(=O)[C@@H]3CNC[C@H]3c3ccc(F)cc3F)CC2)n(-c2cc(Cl)ccc2Cl)n1.O=C(O)C(F)(F)F. The molecule has 0 radical (unpaired) electrons. The number of aliphatic carboxylic acids is 1. The summed E-state index contributed by atoms with van der Waals surface area (Å²) in [5.74, 6) is -4.42. The average molecular weight is 633 g/mol. The van der Waals surface area contributed by atoms with E-state index in [9.17, 15) is 26.7 Å². The van der Waals surface area contributed by atoms with Gasteiger partial charge in [-0.1, -0.05) is 29.3 Å². The van der Waals surface area contributed by atoms with Crippen LogP contribution in [0.3, 0.4) is 0 Å². The maximum atomic E-state index is 14.4. The summed E-state index contributed by atoms with van der Waals surface area (Å²) in [7, 11) is 0. The van der Waals surface area contributed by atoms with Crippen LogP contribution in [0.2, 0.25) is 10.0 Å². The molecule has 0 saturated carbocycles. The van der Waals surface area contributed by atoms with Crippen molar-refractivity contribution in [2.24, 2.45) is 5.92 Å². The number of likely N-dealkylation sites (tertiary alicyclic amines) is 1. The summed E-state index contributed by atoms with van der Waals surface area (Å²) in [5.41, 5.74) is 3.06. The number of amides is 1. The van der Waals surface area contributed by atoms with Crippen LogP contribution in [0.15, 0.2) is 42.5 Å². The van der Waals surface area contributed by atoms with Gasteiger partial charge in [-0.15, -0.1) is 0 Å². The molecule has 2 N–H and O–H groups in total. The molecular formula is C28H27Cl2F5N4O3. The predicted molar refractivity (Wildman–Crippen MR) is 146 cm³/mol. The number of carboxylic acids is 1. The number of nitrogens with one attached hydrogen (secondary N) is 1. The molecule has 2 fully saturated rings. The molecule has 1 aromatic heterocycles. The maximum absolute atomic E-state index is 14.4. The van der Waals surface area contributed by atoms with E-state index in [1.54, 1.807) is 18.2 Å². The number of aromatic nitrogens is 2. The highest BCUT2D eigenvalue weighted by Gasteiger charge is 2.39. The van der Waals surface area contributed by atoms with E-state index in [2.05, 4.69) is 16.5 Å². The first-order valence-electron chi connectivity index (χ1n) is 13.0. The van der Waals surface area contributed by atoms with Crippen molar-refractivity contribution < 1.29 is 36.6 Å². The number of carbonyl (C=O) groups excluding carboxylic acids is 1. The van der Waals surface area contributed by atoms with E-state index < -0.39 is 23.8 Å². The van der Waals surface area contributed by atoms with E-state index in [0.29, 0.717) is 41.8 Å². The first-order valence-corrected chi connectivity index (χ1v) is 13.8. The molecule has 0 aliphatic carbocycles. The van der Waals surface area contributed by atoms with Crippen molar-refractivity contribution in [3.05, 3.63) is 81.1 Å². The molecule has 3 aromatic rings. The molecule has 14 heteroatoms. The van der Waals surface area contributed by atoms with Crippen molar-refractivity contribution in [1.29, 1.82) is 0 Å². The van der Waals surface area contributed by atoms with Crippen molar-refractivity contribution >= 4 is 35.1 Å². The number of alkyl halides is 3. The second-order valence-electron chi connectivity index (χ2n) is 10.2. The minimum Gasteiger partial charge on any atom is -0.475 e. The van der Waals surface area contributed by atoms with Gasteiger partial charge in [-0.25, -0.2) is 18.3 Å². The molecule has 2 aromatic carbocycles. The zero-order valence-corrected chi connectivity index (χ0v) is 23.8. The van der Waals surface area contributed by atoms with E-state index in [1.807, 2.05) is 16.5 Å². The lowest BCUT2D eigenvalue weighted by Gasteiger charge is -2.35. The summed E-state index contributed by atoms with van der Waals surface area (Å²) < 4.78 is 61.4. The topological polar surface area (TPSA) is 87.5 Å². The Morgan fingerprint density at radius 2 is 1.69 bits per heavy atom. The van der Waals surface area contributed by atoms with Gasteiger partial charge in [-0.2, -0.15) is 18.3 Å². The molecule has 2 saturated heterocycles. The molecule has 1 amide bonds. The van der Waals surface area contributed by atoms with Crippen LogP contribution in [-0.4, -0.2) is 64.0 Å². The number of halogens is 7. The van der Waals surface area contributed by atoms with Gasteiger partial charge in [-0.05, 0) is 55.7 Å². The fraction of sp³-hybridized carbons (Fsp3) is 0.393. The minimum absolute atomic E-state index is 0.0183. The van der Waals surface area contributed by atoms with Gasteiger partial charge in [0, 0.05) is 54.8 Å². The average Bonchev–Trinajstić information content (AvgIpc) is 3.56. The number of hydrogen-bond acceptors (Lipinski definition) is 4. The Balaban J connectivity index is 0.000000517. The molecule has 2 aliphatic rings. The van der Waals surface area contributed by atoms with Crippen LogP contribution >= 0.6 is 23.2 Å². The molecule has 0 unspecified atom stereocenters. The van der Waals surface area contributed by atoms with Gasteiger partial charge in [0.05, 0.1) is 22.3 Å². The lowest BCUT2D eigenvalue weighted by Crippen LogP contribution is -2.43. The summed E-state index contributed by atoms with van der Waals surface area (Å²) in [6, 6.07) is 11.0. The van der Waals surface area contributed by atoms with Crippen LogP contribution in [-0.2, 0) is 9.59 Å². The van der Waals surface area contributed by atoms with Gasteiger partial charge >= 0.3 is 12.1 Å². The molecule has 0 spiro atoms. The molecular weight excluding hydrogens is 606 g/mol. The third-order valence-corrected chi connectivity index (χ3v) is 7.91. The van der Waals surface area contributed by atoms with Gasteiger partial charge in [0.2, 0.25) is 5.91 Å². The largest absolute Gasteiger partial charge is 0.490 e. The maximum Gasteiger partial charge on any atom is 0.490 e. The predicted octanol–water partition coefficient (Wildman–Crippen LogP) is 6.11. The minimum atomic E-state index is -5.08. The highest BCUT2D eigenvalue weighted by atomic mass is 35.5. The normalized spacial score (nSPS) is 19.4. The Labute approximate surface area is 248 Å². The van der Waals surface area contributed by atoms with Crippen molar-refractivity contribution in [3.8, 4) is 5.69 Å². The van der Waals surface area contributed by atoms with E-state index in [-0.39, 0.29) is 23.7 Å². The fourth-order valence-corrected chi connectivity index (χ4v) is 5.71. The second-order valence-corrected chi connectivity index (χ2v) is 11.0.